The number of nitrogens with two attached hydrogens (primary N) is 1. The number of nitrogens with one attached hydrogen (secondary N) is 2. The zero-order valence-electron chi connectivity index (χ0n) is 14.4. The lowest BCUT2D eigenvalue weighted by atomic mass is 10.1. The molecule has 0 bridgehead atoms. The van der Waals surface area contributed by atoms with Crippen LogP contribution in [0.5, 0.6) is 11.5 Å². The fraction of sp³-hybridized carbons (Fsp3) is 0.500. The van der Waals surface area contributed by atoms with Gasteiger partial charge in [0, 0.05) is 24.2 Å². The largest absolute Gasteiger partial charge is 0.493 e. The second-order valence-corrected chi connectivity index (χ2v) is 5.49. The molecule has 0 fully saturated rings. The predicted molar refractivity (Wildman–Crippen MR) is 95.0 cm³/mol. The second-order valence-electron chi connectivity index (χ2n) is 5.49. The molecule has 1 aromatic carbocycles. The van der Waals surface area contributed by atoms with Gasteiger partial charge in [-0.15, -0.1) is 12.4 Å². The summed E-state index contributed by atoms with van der Waals surface area (Å²) >= 11 is 0. The molecule has 0 unspecified atom stereocenters. The highest BCUT2D eigenvalue weighted by Gasteiger charge is 2.14. The Balaban J connectivity index is 0.00000529. The molecule has 0 spiro atoms. The van der Waals surface area contributed by atoms with Crippen molar-refractivity contribution in [3.8, 4) is 11.5 Å². The van der Waals surface area contributed by atoms with Gasteiger partial charge in [0.05, 0.1) is 7.11 Å². The van der Waals surface area contributed by atoms with Crippen LogP contribution < -0.4 is 25.8 Å². The maximum absolute atomic E-state index is 12.1. The molecule has 1 rings (SSSR count). The molecule has 136 valence electrons. The molecule has 7 nitrogen and oxygen atoms in total. The number of amides is 2. The highest BCUT2D eigenvalue weighted by Crippen LogP contribution is 2.28. The molecule has 0 aromatic heterocycles. The molecule has 24 heavy (non-hydrogen) atoms. The van der Waals surface area contributed by atoms with E-state index < -0.39 is 0 Å². The Morgan fingerprint density at radius 1 is 1.17 bits per heavy atom. The number of carbonyl (C=O) groups excluding carboxylic acids is 2. The molecular formula is C16H26ClN3O4. The van der Waals surface area contributed by atoms with Crippen molar-refractivity contribution in [3.63, 3.8) is 0 Å². The topological polar surface area (TPSA) is 103 Å². The minimum Gasteiger partial charge on any atom is -0.493 e. The molecule has 0 aliphatic heterocycles. The quantitative estimate of drug-likeness (QED) is 0.645. The molecule has 0 saturated heterocycles. The first-order valence-electron chi connectivity index (χ1n) is 7.48. The van der Waals surface area contributed by atoms with Crippen LogP contribution in [-0.4, -0.2) is 44.2 Å². The SMILES string of the molecule is COc1cc(C(=O)N[C@@H](C)CN)ccc1OCC(=O)NC(C)C.Cl. The van der Waals surface area contributed by atoms with Gasteiger partial charge in [-0.25, -0.2) is 0 Å². The zero-order valence-corrected chi connectivity index (χ0v) is 15.2. The van der Waals surface area contributed by atoms with E-state index in [0.717, 1.165) is 0 Å². The van der Waals surface area contributed by atoms with Crippen LogP contribution in [0.3, 0.4) is 0 Å². The molecule has 4 N–H and O–H groups in total. The number of rotatable bonds is 8. The van der Waals surface area contributed by atoms with E-state index in [9.17, 15) is 9.59 Å². The molecule has 0 heterocycles. The van der Waals surface area contributed by atoms with Crippen molar-refractivity contribution in [1.29, 1.82) is 0 Å². The maximum Gasteiger partial charge on any atom is 0.258 e. The number of carbonyl (C=O) groups is 2. The van der Waals surface area contributed by atoms with Crippen LogP contribution in [0.1, 0.15) is 31.1 Å². The van der Waals surface area contributed by atoms with Gasteiger partial charge < -0.3 is 25.8 Å². The average molecular weight is 360 g/mol. The number of methoxy groups -OCH3 is 1. The molecule has 8 heteroatoms. The highest BCUT2D eigenvalue weighted by molar-refractivity contribution is 5.95. The van der Waals surface area contributed by atoms with Crippen molar-refractivity contribution in [1.82, 2.24) is 10.6 Å². The van der Waals surface area contributed by atoms with E-state index in [1.165, 1.54) is 7.11 Å². The molecule has 0 saturated carbocycles. The number of benzene rings is 1. The summed E-state index contributed by atoms with van der Waals surface area (Å²) in [5, 5.41) is 5.49. The fourth-order valence-electron chi connectivity index (χ4n) is 1.80. The van der Waals surface area contributed by atoms with Crippen molar-refractivity contribution >= 4 is 24.2 Å². The highest BCUT2D eigenvalue weighted by atomic mass is 35.5. The van der Waals surface area contributed by atoms with Gasteiger partial charge in [-0.05, 0) is 39.0 Å². The summed E-state index contributed by atoms with van der Waals surface area (Å²) < 4.78 is 10.7. The first-order chi connectivity index (χ1) is 10.9. The molecular weight excluding hydrogens is 334 g/mol. The van der Waals surface area contributed by atoms with Gasteiger partial charge in [-0.3, -0.25) is 9.59 Å². The summed E-state index contributed by atoms with van der Waals surface area (Å²) in [6, 6.07) is 4.70. The third-order valence-corrected chi connectivity index (χ3v) is 2.97. The first-order valence-corrected chi connectivity index (χ1v) is 7.48. The normalized spacial score (nSPS) is 11.2. The lowest BCUT2D eigenvalue weighted by molar-refractivity contribution is -0.123. The van der Waals surface area contributed by atoms with E-state index >= 15 is 0 Å². The molecule has 0 aliphatic carbocycles. The third kappa shape index (κ3) is 7.06. The van der Waals surface area contributed by atoms with Gasteiger partial charge in [0.2, 0.25) is 0 Å². The number of hydrogen-bond donors (Lipinski definition) is 3. The van der Waals surface area contributed by atoms with Crippen molar-refractivity contribution < 1.29 is 19.1 Å². The second kappa shape index (κ2) is 10.7. The lowest BCUT2D eigenvalue weighted by Gasteiger charge is -2.14. The van der Waals surface area contributed by atoms with E-state index in [-0.39, 0.29) is 42.9 Å². The molecule has 0 radical (unpaired) electrons. The predicted octanol–water partition coefficient (Wildman–Crippen LogP) is 1.10. The fourth-order valence-corrected chi connectivity index (χ4v) is 1.80. The first kappa shape index (κ1) is 22.0. The Bertz CT molecular complexity index is 552. The number of hydrogen-bond acceptors (Lipinski definition) is 5. The van der Waals surface area contributed by atoms with Crippen LogP contribution in [0.4, 0.5) is 0 Å². The van der Waals surface area contributed by atoms with Gasteiger partial charge in [0.25, 0.3) is 11.8 Å². The monoisotopic (exact) mass is 359 g/mol. The lowest BCUT2D eigenvalue weighted by Crippen LogP contribution is -2.37. The summed E-state index contributed by atoms with van der Waals surface area (Å²) in [5.74, 6) is 0.316. The van der Waals surface area contributed by atoms with Crippen molar-refractivity contribution in [2.75, 3.05) is 20.3 Å². The minimum absolute atomic E-state index is 0. The van der Waals surface area contributed by atoms with Gasteiger partial charge in [-0.2, -0.15) is 0 Å². The number of ether oxygens (including phenoxy) is 2. The summed E-state index contributed by atoms with van der Waals surface area (Å²) in [6.45, 7) is 5.79. The smallest absolute Gasteiger partial charge is 0.258 e. The summed E-state index contributed by atoms with van der Waals surface area (Å²) in [5.41, 5.74) is 5.92. The van der Waals surface area contributed by atoms with Crippen LogP contribution in [-0.2, 0) is 4.79 Å². The molecule has 1 atom stereocenters. The molecule has 2 amide bonds. The number of halogens is 1. The Morgan fingerprint density at radius 3 is 2.38 bits per heavy atom. The van der Waals surface area contributed by atoms with Gasteiger partial charge >= 0.3 is 0 Å². The third-order valence-electron chi connectivity index (χ3n) is 2.97. The zero-order chi connectivity index (χ0) is 17.4. The van der Waals surface area contributed by atoms with Crippen LogP contribution >= 0.6 is 12.4 Å². The average Bonchev–Trinajstić information content (AvgIpc) is 2.51. The molecule has 0 aliphatic rings. The Morgan fingerprint density at radius 2 is 1.83 bits per heavy atom. The van der Waals surface area contributed by atoms with E-state index in [0.29, 0.717) is 23.6 Å². The molecule has 1 aromatic rings. The van der Waals surface area contributed by atoms with E-state index in [1.54, 1.807) is 18.2 Å². The summed E-state index contributed by atoms with van der Waals surface area (Å²) in [4.78, 5) is 23.7. The van der Waals surface area contributed by atoms with Crippen molar-refractivity contribution in [2.24, 2.45) is 5.73 Å². The van der Waals surface area contributed by atoms with E-state index in [4.69, 9.17) is 15.2 Å². The van der Waals surface area contributed by atoms with E-state index in [2.05, 4.69) is 10.6 Å². The van der Waals surface area contributed by atoms with Crippen LogP contribution in [0.15, 0.2) is 18.2 Å². The minimum atomic E-state index is -0.245. The maximum atomic E-state index is 12.1. The van der Waals surface area contributed by atoms with Crippen molar-refractivity contribution in [3.05, 3.63) is 23.8 Å². The van der Waals surface area contributed by atoms with Crippen molar-refractivity contribution in [2.45, 2.75) is 32.9 Å². The van der Waals surface area contributed by atoms with Crippen LogP contribution in [0, 0.1) is 0 Å². The summed E-state index contributed by atoms with van der Waals surface area (Å²) in [6.07, 6.45) is 0. The standard InChI is InChI=1S/C16H25N3O4.ClH/c1-10(2)18-15(20)9-23-13-6-5-12(7-14(13)22-4)16(21)19-11(3)8-17;/h5-7,10-11H,8-9,17H2,1-4H3,(H,18,20)(H,19,21);1H/t11-;/m0./s1. The van der Waals surface area contributed by atoms with Gasteiger partial charge in [-0.1, -0.05) is 0 Å². The van der Waals surface area contributed by atoms with Crippen LogP contribution in [0.25, 0.3) is 0 Å². The Kier molecular flexibility index (Phi) is 9.83. The Labute approximate surface area is 148 Å². The Hall–Kier alpha value is -1.99. The van der Waals surface area contributed by atoms with Gasteiger partial charge in [0.15, 0.2) is 18.1 Å². The van der Waals surface area contributed by atoms with Crippen LogP contribution in [0.2, 0.25) is 0 Å². The van der Waals surface area contributed by atoms with Gasteiger partial charge in [0.1, 0.15) is 0 Å². The summed E-state index contributed by atoms with van der Waals surface area (Å²) in [7, 11) is 1.47. The van der Waals surface area contributed by atoms with E-state index in [1.807, 2.05) is 20.8 Å².